The van der Waals surface area contributed by atoms with Gasteiger partial charge in [0.15, 0.2) is 4.67 Å². The Labute approximate surface area is 88.3 Å². The molecule has 0 N–H and O–H groups in total. The molecule has 1 aliphatic rings. The number of rotatable bonds is 1. The van der Waals surface area contributed by atoms with Crippen LogP contribution in [0.15, 0.2) is 21.2 Å². The van der Waals surface area contributed by atoms with Crippen LogP contribution in [0.3, 0.4) is 0 Å². The maximum absolute atomic E-state index is 11.0. The van der Waals surface area contributed by atoms with Crippen molar-refractivity contribution in [3.05, 3.63) is 22.6 Å². The van der Waals surface area contributed by atoms with Crippen LogP contribution in [0.5, 0.6) is 0 Å². The minimum absolute atomic E-state index is 0.185. The van der Waals surface area contributed by atoms with E-state index in [1.165, 1.54) is 0 Å². The van der Waals surface area contributed by atoms with Gasteiger partial charge in [0.05, 0.1) is 12.8 Å². The fourth-order valence-corrected chi connectivity index (χ4v) is 1.75. The lowest BCUT2D eigenvalue weighted by atomic mass is 9.97. The molecule has 2 rings (SSSR count). The number of ether oxygens (including phenoxy) is 1. The second kappa shape index (κ2) is 3.57. The maximum Gasteiger partial charge on any atom is 0.314 e. The molecular weight excluding hydrogens is 252 g/mol. The van der Waals surface area contributed by atoms with E-state index < -0.39 is 11.9 Å². The van der Waals surface area contributed by atoms with Gasteiger partial charge in [-0.05, 0) is 28.1 Å². The van der Waals surface area contributed by atoms with Crippen molar-refractivity contribution in [2.45, 2.75) is 18.8 Å². The highest BCUT2D eigenvalue weighted by Gasteiger charge is 2.30. The zero-order chi connectivity index (χ0) is 10.1. The summed E-state index contributed by atoms with van der Waals surface area (Å²) in [5, 5.41) is 0. The number of hydrogen-bond acceptors (Lipinski definition) is 4. The SMILES string of the molecule is O=C1CC(c2ccc(Br)o2)CC(=O)O1. The van der Waals surface area contributed by atoms with E-state index in [9.17, 15) is 9.59 Å². The first-order chi connectivity index (χ1) is 6.65. The lowest BCUT2D eigenvalue weighted by Crippen LogP contribution is -2.23. The summed E-state index contributed by atoms with van der Waals surface area (Å²) in [5.74, 6) is -0.519. The number of esters is 2. The molecule has 0 unspecified atom stereocenters. The fourth-order valence-electron chi connectivity index (χ4n) is 1.43. The normalized spacial score (nSPS) is 18.4. The summed E-state index contributed by atoms with van der Waals surface area (Å²) in [7, 11) is 0. The average Bonchev–Trinajstić information content (AvgIpc) is 2.50. The Balaban J connectivity index is 2.18. The summed E-state index contributed by atoms with van der Waals surface area (Å²) in [5.41, 5.74) is 0. The van der Waals surface area contributed by atoms with Crippen LogP contribution in [0.1, 0.15) is 24.5 Å². The van der Waals surface area contributed by atoms with Gasteiger partial charge in [0.1, 0.15) is 5.76 Å². The molecule has 1 aliphatic heterocycles. The van der Waals surface area contributed by atoms with Crippen LogP contribution in [-0.2, 0) is 14.3 Å². The van der Waals surface area contributed by atoms with Gasteiger partial charge in [-0.3, -0.25) is 9.59 Å². The fraction of sp³-hybridized carbons (Fsp3) is 0.333. The van der Waals surface area contributed by atoms with Gasteiger partial charge in [-0.2, -0.15) is 0 Å². The molecule has 14 heavy (non-hydrogen) atoms. The van der Waals surface area contributed by atoms with E-state index in [1.54, 1.807) is 12.1 Å². The molecule has 0 radical (unpaired) electrons. The summed E-state index contributed by atoms with van der Waals surface area (Å²) in [6.07, 6.45) is 0.400. The monoisotopic (exact) mass is 258 g/mol. The third-order valence-electron chi connectivity index (χ3n) is 2.05. The van der Waals surface area contributed by atoms with Gasteiger partial charge in [-0.15, -0.1) is 0 Å². The highest BCUT2D eigenvalue weighted by Crippen LogP contribution is 2.30. The van der Waals surface area contributed by atoms with E-state index in [0.717, 1.165) is 0 Å². The van der Waals surface area contributed by atoms with Crippen molar-refractivity contribution in [3.63, 3.8) is 0 Å². The van der Waals surface area contributed by atoms with Crippen LogP contribution in [-0.4, -0.2) is 11.9 Å². The van der Waals surface area contributed by atoms with E-state index in [2.05, 4.69) is 20.7 Å². The van der Waals surface area contributed by atoms with Crippen LogP contribution in [0, 0.1) is 0 Å². The largest absolute Gasteiger partial charge is 0.454 e. The Bertz CT molecular complexity index is 366. The van der Waals surface area contributed by atoms with E-state index in [0.29, 0.717) is 10.4 Å². The Kier molecular flexibility index (Phi) is 2.41. The summed E-state index contributed by atoms with van der Waals surface area (Å²) in [6, 6.07) is 3.49. The lowest BCUT2D eigenvalue weighted by Gasteiger charge is -2.17. The first kappa shape index (κ1) is 9.45. The van der Waals surface area contributed by atoms with E-state index in [1.807, 2.05) is 0 Å². The standard InChI is InChI=1S/C9H7BrO4/c10-7-2-1-6(13-7)5-3-8(11)14-9(12)4-5/h1-2,5H,3-4H2. The highest BCUT2D eigenvalue weighted by molar-refractivity contribution is 9.10. The molecule has 0 amide bonds. The summed E-state index contributed by atoms with van der Waals surface area (Å²) >= 11 is 3.16. The zero-order valence-electron chi connectivity index (χ0n) is 7.16. The van der Waals surface area contributed by atoms with E-state index >= 15 is 0 Å². The molecular formula is C9H7BrO4. The van der Waals surface area contributed by atoms with Gasteiger partial charge in [0, 0.05) is 5.92 Å². The molecule has 5 heteroatoms. The van der Waals surface area contributed by atoms with Crippen molar-refractivity contribution in [3.8, 4) is 0 Å². The molecule has 1 saturated heterocycles. The van der Waals surface area contributed by atoms with E-state index in [4.69, 9.17) is 4.42 Å². The molecule has 0 aromatic carbocycles. The van der Waals surface area contributed by atoms with Gasteiger partial charge in [-0.1, -0.05) is 0 Å². The smallest absolute Gasteiger partial charge is 0.314 e. The van der Waals surface area contributed by atoms with E-state index in [-0.39, 0.29) is 18.8 Å². The maximum atomic E-state index is 11.0. The number of carbonyl (C=O) groups is 2. The predicted molar refractivity (Wildman–Crippen MR) is 49.5 cm³/mol. The summed E-state index contributed by atoms with van der Waals surface area (Å²) in [6.45, 7) is 0. The van der Waals surface area contributed by atoms with Crippen molar-refractivity contribution in [2.75, 3.05) is 0 Å². The van der Waals surface area contributed by atoms with Gasteiger partial charge >= 0.3 is 11.9 Å². The lowest BCUT2D eigenvalue weighted by molar-refractivity contribution is -0.164. The van der Waals surface area contributed by atoms with Crippen molar-refractivity contribution >= 4 is 27.9 Å². The highest BCUT2D eigenvalue weighted by atomic mass is 79.9. The first-order valence-electron chi connectivity index (χ1n) is 4.14. The molecule has 0 aliphatic carbocycles. The molecule has 1 aromatic rings. The Morgan fingerprint density at radius 1 is 1.21 bits per heavy atom. The van der Waals surface area contributed by atoms with Crippen molar-refractivity contribution in [1.29, 1.82) is 0 Å². The topological polar surface area (TPSA) is 56.5 Å². The average molecular weight is 259 g/mol. The van der Waals surface area contributed by atoms with Crippen LogP contribution >= 0.6 is 15.9 Å². The Hall–Kier alpha value is -1.10. The van der Waals surface area contributed by atoms with Crippen LogP contribution in [0.2, 0.25) is 0 Å². The minimum atomic E-state index is -0.487. The number of furan rings is 1. The van der Waals surface area contributed by atoms with Crippen molar-refractivity contribution < 1.29 is 18.7 Å². The second-order valence-electron chi connectivity index (χ2n) is 3.09. The third-order valence-corrected chi connectivity index (χ3v) is 2.48. The quantitative estimate of drug-likeness (QED) is 0.571. The molecule has 0 spiro atoms. The number of hydrogen-bond donors (Lipinski definition) is 0. The molecule has 0 bridgehead atoms. The molecule has 1 fully saturated rings. The van der Waals surface area contributed by atoms with Gasteiger partial charge in [-0.25, -0.2) is 0 Å². The van der Waals surface area contributed by atoms with Crippen molar-refractivity contribution in [1.82, 2.24) is 0 Å². The number of cyclic esters (lactones) is 2. The Morgan fingerprint density at radius 3 is 2.36 bits per heavy atom. The summed E-state index contributed by atoms with van der Waals surface area (Å²) in [4.78, 5) is 21.9. The molecule has 4 nitrogen and oxygen atoms in total. The molecule has 0 saturated carbocycles. The molecule has 0 atom stereocenters. The first-order valence-corrected chi connectivity index (χ1v) is 4.93. The number of halogens is 1. The van der Waals surface area contributed by atoms with Crippen LogP contribution < -0.4 is 0 Å². The van der Waals surface area contributed by atoms with Crippen molar-refractivity contribution in [2.24, 2.45) is 0 Å². The third kappa shape index (κ3) is 1.87. The van der Waals surface area contributed by atoms with Crippen LogP contribution in [0.4, 0.5) is 0 Å². The second-order valence-corrected chi connectivity index (χ2v) is 3.87. The summed E-state index contributed by atoms with van der Waals surface area (Å²) < 4.78 is 10.3. The molecule has 74 valence electrons. The zero-order valence-corrected chi connectivity index (χ0v) is 8.74. The molecule has 1 aromatic heterocycles. The molecule has 2 heterocycles. The minimum Gasteiger partial charge on any atom is -0.454 e. The van der Waals surface area contributed by atoms with Gasteiger partial charge in [0.25, 0.3) is 0 Å². The van der Waals surface area contributed by atoms with Crippen LogP contribution in [0.25, 0.3) is 0 Å². The van der Waals surface area contributed by atoms with Gasteiger partial charge < -0.3 is 9.15 Å². The number of carbonyl (C=O) groups excluding carboxylic acids is 2. The van der Waals surface area contributed by atoms with Gasteiger partial charge in [0.2, 0.25) is 0 Å². The predicted octanol–water partition coefficient (Wildman–Crippen LogP) is 1.99. The Morgan fingerprint density at radius 2 is 1.86 bits per heavy atom.